The highest BCUT2D eigenvalue weighted by molar-refractivity contribution is 5.41. The van der Waals surface area contributed by atoms with E-state index < -0.39 is 0 Å². The number of aromatic nitrogens is 2. The van der Waals surface area contributed by atoms with Gasteiger partial charge in [-0.05, 0) is 24.8 Å². The third-order valence-corrected chi connectivity index (χ3v) is 3.12. The fourth-order valence-electron chi connectivity index (χ4n) is 2.30. The molecule has 1 aliphatic carbocycles. The summed E-state index contributed by atoms with van der Waals surface area (Å²) in [7, 11) is 0. The van der Waals surface area contributed by atoms with Crippen molar-refractivity contribution in [1.82, 2.24) is 10.2 Å². The SMILES string of the molecule is C=C/C=C(\Nc1ccn[nH]1)C1CCCCC1. The fraction of sp³-hybridized carbons (Fsp3) is 0.462. The minimum absolute atomic E-state index is 0.648. The fourth-order valence-corrected chi connectivity index (χ4v) is 2.30. The van der Waals surface area contributed by atoms with Gasteiger partial charge in [-0.1, -0.05) is 31.9 Å². The number of nitrogens with one attached hydrogen (secondary N) is 2. The molecule has 1 aliphatic rings. The number of nitrogens with zero attached hydrogens (tertiary/aromatic N) is 1. The molecule has 3 nitrogen and oxygen atoms in total. The molecule has 1 heterocycles. The Morgan fingerprint density at radius 2 is 2.25 bits per heavy atom. The van der Waals surface area contributed by atoms with E-state index in [0.717, 1.165) is 5.82 Å². The number of anilines is 1. The van der Waals surface area contributed by atoms with Gasteiger partial charge in [-0.3, -0.25) is 5.10 Å². The lowest BCUT2D eigenvalue weighted by atomic mass is 9.86. The molecular formula is C13H19N3. The summed E-state index contributed by atoms with van der Waals surface area (Å²) in [5, 5.41) is 10.3. The van der Waals surface area contributed by atoms with Gasteiger partial charge in [-0.2, -0.15) is 5.10 Å². The normalized spacial score (nSPS) is 18.4. The van der Waals surface area contributed by atoms with E-state index in [2.05, 4.69) is 28.2 Å². The molecule has 0 atom stereocenters. The third-order valence-electron chi connectivity index (χ3n) is 3.12. The highest BCUT2D eigenvalue weighted by Gasteiger charge is 2.17. The van der Waals surface area contributed by atoms with Crippen LogP contribution in [0.3, 0.4) is 0 Å². The smallest absolute Gasteiger partial charge is 0.125 e. The topological polar surface area (TPSA) is 40.7 Å². The highest BCUT2D eigenvalue weighted by Crippen LogP contribution is 2.30. The second-order valence-corrected chi connectivity index (χ2v) is 4.29. The summed E-state index contributed by atoms with van der Waals surface area (Å²) in [4.78, 5) is 0. The van der Waals surface area contributed by atoms with Crippen molar-refractivity contribution in [3.8, 4) is 0 Å². The van der Waals surface area contributed by atoms with Gasteiger partial charge < -0.3 is 5.32 Å². The van der Waals surface area contributed by atoms with E-state index in [9.17, 15) is 0 Å². The summed E-state index contributed by atoms with van der Waals surface area (Å²) < 4.78 is 0. The van der Waals surface area contributed by atoms with Crippen molar-refractivity contribution < 1.29 is 0 Å². The van der Waals surface area contributed by atoms with Crippen molar-refractivity contribution in [2.24, 2.45) is 5.92 Å². The molecule has 1 fully saturated rings. The van der Waals surface area contributed by atoms with Crippen LogP contribution in [0, 0.1) is 5.92 Å². The molecule has 2 rings (SSSR count). The molecule has 16 heavy (non-hydrogen) atoms. The van der Waals surface area contributed by atoms with Crippen molar-refractivity contribution in [2.75, 3.05) is 5.32 Å². The molecule has 0 unspecified atom stereocenters. The number of hydrogen-bond acceptors (Lipinski definition) is 2. The molecule has 0 spiro atoms. The van der Waals surface area contributed by atoms with Gasteiger partial charge in [0.25, 0.3) is 0 Å². The van der Waals surface area contributed by atoms with Crippen LogP contribution in [0.4, 0.5) is 5.82 Å². The molecular weight excluding hydrogens is 198 g/mol. The molecule has 1 aromatic rings. The standard InChI is InChI=1S/C13H19N3/c1-2-6-12(11-7-4-3-5-8-11)15-13-9-10-14-16-13/h2,6,9-11H,1,3-5,7-8H2,(H2,14,15,16)/b12-6-. The molecule has 1 aromatic heterocycles. The first kappa shape index (κ1) is 11.0. The first-order valence-electron chi connectivity index (χ1n) is 5.99. The lowest BCUT2D eigenvalue weighted by molar-refractivity contribution is 0.404. The van der Waals surface area contributed by atoms with Crippen LogP contribution in [0.5, 0.6) is 0 Å². The van der Waals surface area contributed by atoms with E-state index in [0.29, 0.717) is 5.92 Å². The minimum atomic E-state index is 0.648. The lowest BCUT2D eigenvalue weighted by Crippen LogP contribution is -2.15. The summed E-state index contributed by atoms with van der Waals surface area (Å²) in [6, 6.07) is 1.94. The first-order chi connectivity index (χ1) is 7.90. The average molecular weight is 217 g/mol. The summed E-state index contributed by atoms with van der Waals surface area (Å²) in [6.45, 7) is 3.78. The van der Waals surface area contributed by atoms with Crippen LogP contribution in [0.25, 0.3) is 0 Å². The maximum Gasteiger partial charge on any atom is 0.125 e. The maximum absolute atomic E-state index is 3.94. The maximum atomic E-state index is 3.94. The van der Waals surface area contributed by atoms with Crippen LogP contribution in [-0.4, -0.2) is 10.2 Å². The number of rotatable bonds is 4. The molecule has 0 saturated heterocycles. The molecule has 0 aromatic carbocycles. The quantitative estimate of drug-likeness (QED) is 0.758. The first-order valence-corrected chi connectivity index (χ1v) is 5.99. The van der Waals surface area contributed by atoms with Crippen molar-refractivity contribution >= 4 is 5.82 Å². The summed E-state index contributed by atoms with van der Waals surface area (Å²) >= 11 is 0. The van der Waals surface area contributed by atoms with Gasteiger partial charge in [0.1, 0.15) is 5.82 Å². The van der Waals surface area contributed by atoms with Crippen LogP contribution < -0.4 is 5.32 Å². The summed E-state index contributed by atoms with van der Waals surface area (Å²) in [5.74, 6) is 1.61. The zero-order chi connectivity index (χ0) is 11.2. The van der Waals surface area contributed by atoms with E-state index >= 15 is 0 Å². The Morgan fingerprint density at radius 1 is 1.44 bits per heavy atom. The van der Waals surface area contributed by atoms with Gasteiger partial charge >= 0.3 is 0 Å². The van der Waals surface area contributed by atoms with E-state index in [-0.39, 0.29) is 0 Å². The molecule has 0 amide bonds. The molecule has 0 radical (unpaired) electrons. The van der Waals surface area contributed by atoms with Crippen LogP contribution >= 0.6 is 0 Å². The zero-order valence-corrected chi connectivity index (χ0v) is 9.58. The van der Waals surface area contributed by atoms with Gasteiger partial charge in [0, 0.05) is 11.8 Å². The number of allylic oxidation sites excluding steroid dienone is 3. The Kier molecular flexibility index (Phi) is 3.81. The Balaban J connectivity index is 2.04. The van der Waals surface area contributed by atoms with Crippen LogP contribution in [0.2, 0.25) is 0 Å². The van der Waals surface area contributed by atoms with Crippen molar-refractivity contribution in [2.45, 2.75) is 32.1 Å². The number of hydrogen-bond donors (Lipinski definition) is 2. The monoisotopic (exact) mass is 217 g/mol. The van der Waals surface area contributed by atoms with Crippen molar-refractivity contribution in [3.63, 3.8) is 0 Å². The van der Waals surface area contributed by atoms with Gasteiger partial charge in [0.15, 0.2) is 0 Å². The average Bonchev–Trinajstić information content (AvgIpc) is 2.83. The Hall–Kier alpha value is -1.51. The van der Waals surface area contributed by atoms with Crippen LogP contribution in [-0.2, 0) is 0 Å². The second-order valence-electron chi connectivity index (χ2n) is 4.29. The molecule has 2 N–H and O–H groups in total. The molecule has 0 aliphatic heterocycles. The summed E-state index contributed by atoms with van der Waals surface area (Å²) in [6.07, 6.45) is 12.3. The molecule has 0 bridgehead atoms. The van der Waals surface area contributed by atoms with E-state index in [4.69, 9.17) is 0 Å². The van der Waals surface area contributed by atoms with Crippen LogP contribution in [0.1, 0.15) is 32.1 Å². The largest absolute Gasteiger partial charge is 0.344 e. The van der Waals surface area contributed by atoms with E-state index in [1.54, 1.807) is 6.20 Å². The molecule has 1 saturated carbocycles. The van der Waals surface area contributed by atoms with Gasteiger partial charge in [-0.25, -0.2) is 0 Å². The van der Waals surface area contributed by atoms with Gasteiger partial charge in [-0.15, -0.1) is 0 Å². The Labute approximate surface area is 96.6 Å². The van der Waals surface area contributed by atoms with Crippen LogP contribution in [0.15, 0.2) is 36.7 Å². The molecule has 3 heteroatoms. The number of H-pyrrole nitrogens is 1. The van der Waals surface area contributed by atoms with Crippen molar-refractivity contribution in [3.05, 3.63) is 36.7 Å². The molecule has 86 valence electrons. The highest BCUT2D eigenvalue weighted by atomic mass is 15.2. The summed E-state index contributed by atoms with van der Waals surface area (Å²) in [5.41, 5.74) is 1.26. The van der Waals surface area contributed by atoms with E-state index in [1.807, 2.05) is 12.1 Å². The van der Waals surface area contributed by atoms with Crippen molar-refractivity contribution in [1.29, 1.82) is 0 Å². The number of aromatic amines is 1. The third kappa shape index (κ3) is 2.75. The predicted octanol–water partition coefficient (Wildman–Crippen LogP) is 3.47. The Bertz CT molecular complexity index is 345. The van der Waals surface area contributed by atoms with Gasteiger partial charge in [0.2, 0.25) is 0 Å². The Morgan fingerprint density at radius 3 is 2.88 bits per heavy atom. The predicted molar refractivity (Wildman–Crippen MR) is 67.1 cm³/mol. The zero-order valence-electron chi connectivity index (χ0n) is 9.58. The minimum Gasteiger partial charge on any atom is -0.344 e. The van der Waals surface area contributed by atoms with Gasteiger partial charge in [0.05, 0.1) is 6.20 Å². The lowest BCUT2D eigenvalue weighted by Gasteiger charge is -2.24. The van der Waals surface area contributed by atoms with E-state index in [1.165, 1.54) is 37.8 Å². The second kappa shape index (κ2) is 5.54.